The summed E-state index contributed by atoms with van der Waals surface area (Å²) in [7, 11) is 0. The minimum Gasteiger partial charge on any atom is -0.342 e. The highest BCUT2D eigenvalue weighted by Gasteiger charge is 2.49. The summed E-state index contributed by atoms with van der Waals surface area (Å²) in [5.74, 6) is -1.23. The molecule has 3 aromatic rings. The molecule has 0 unspecified atom stereocenters. The molecule has 1 aliphatic carbocycles. The largest absolute Gasteiger partial charge is 0.438 e. The molecule has 15 heteroatoms. The van der Waals surface area contributed by atoms with Gasteiger partial charge in [0.2, 0.25) is 7.59 Å². The third kappa shape index (κ3) is 6.96. The van der Waals surface area contributed by atoms with Gasteiger partial charge in [-0.3, -0.25) is 23.7 Å². The Morgan fingerprint density at radius 1 is 1.15 bits per heavy atom. The van der Waals surface area contributed by atoms with Crippen LogP contribution < -0.4 is 16.6 Å². The minimum atomic E-state index is -4.39. The van der Waals surface area contributed by atoms with E-state index >= 15 is 4.39 Å². The number of aromatic amines is 1. The van der Waals surface area contributed by atoms with Crippen LogP contribution in [0.1, 0.15) is 42.9 Å². The first-order chi connectivity index (χ1) is 18.4. The zero-order valence-corrected chi connectivity index (χ0v) is 24.6. The molecule has 0 radical (unpaired) electrons. The smallest absolute Gasteiger partial charge is 0.342 e. The number of hydrogen-bond acceptors (Lipinski definition) is 6. The molecule has 39 heavy (non-hydrogen) atoms. The monoisotopic (exact) mass is 775 g/mol. The van der Waals surface area contributed by atoms with E-state index in [1.807, 2.05) is 0 Å². The second-order valence-corrected chi connectivity index (χ2v) is 15.4. The lowest BCUT2D eigenvalue weighted by Crippen LogP contribution is -2.40. The molecule has 2 N–H and O–H groups in total. The molecule has 1 amide bonds. The Morgan fingerprint density at radius 3 is 2.36 bits per heavy atom. The van der Waals surface area contributed by atoms with Crippen LogP contribution in [-0.4, -0.2) is 40.8 Å². The quantitative estimate of drug-likeness (QED) is 0.172. The summed E-state index contributed by atoms with van der Waals surface area (Å²) in [5, 5.41) is 6.33. The molecule has 2 aromatic heterocycles. The maximum absolute atomic E-state index is 15.0. The molecule has 1 aliphatic rings. The fourth-order valence-electron chi connectivity index (χ4n) is 3.96. The van der Waals surface area contributed by atoms with Crippen molar-refractivity contribution in [2.75, 3.05) is 0 Å². The van der Waals surface area contributed by atoms with Gasteiger partial charge in [0, 0.05) is 30.0 Å². The molecule has 0 aliphatic heterocycles. The van der Waals surface area contributed by atoms with Crippen LogP contribution in [-0.2, 0) is 25.0 Å². The third-order valence-electron chi connectivity index (χ3n) is 6.12. The molecule has 1 aromatic carbocycles. The Hall–Kier alpha value is -2.57. The summed E-state index contributed by atoms with van der Waals surface area (Å²) in [5.41, 5.74) is -0.440. The number of benzene rings is 1. The maximum atomic E-state index is 15.0. The molecule has 2 heterocycles. The van der Waals surface area contributed by atoms with Crippen molar-refractivity contribution in [1.82, 2.24) is 25.0 Å². The molecule has 210 valence electrons. The Morgan fingerprint density at radius 2 is 1.82 bits per heavy atom. The average molecular weight is 775 g/mol. The first kappa shape index (κ1) is 29.4. The lowest BCUT2D eigenvalue weighted by atomic mass is 10.1. The molecular formula is C24H23F4I2N5O4. The van der Waals surface area contributed by atoms with E-state index < -0.39 is 85.0 Å². The average Bonchev–Trinajstić information content (AvgIpc) is 3.53. The maximum Gasteiger partial charge on any atom is 0.438 e. The van der Waals surface area contributed by atoms with Crippen LogP contribution >= 0.6 is 41.5 Å². The van der Waals surface area contributed by atoms with Gasteiger partial charge in [0.25, 0.3) is 5.56 Å². The van der Waals surface area contributed by atoms with Gasteiger partial charge in [-0.15, -0.1) is 0 Å². The molecule has 1 fully saturated rings. The third-order valence-corrected chi connectivity index (χ3v) is 13.1. The van der Waals surface area contributed by atoms with Crippen molar-refractivity contribution < 1.29 is 26.9 Å². The van der Waals surface area contributed by atoms with Crippen molar-refractivity contribution in [2.24, 2.45) is 0 Å². The molecule has 9 nitrogen and oxygen atoms in total. The van der Waals surface area contributed by atoms with Crippen LogP contribution in [0.3, 0.4) is 0 Å². The van der Waals surface area contributed by atoms with Crippen molar-refractivity contribution in [3.8, 4) is 11.3 Å². The number of rotatable bonds is 11. The normalized spacial score (nSPS) is 14.8. The predicted molar refractivity (Wildman–Crippen MR) is 154 cm³/mol. The van der Waals surface area contributed by atoms with Crippen molar-refractivity contribution >= 4 is 56.4 Å². The van der Waals surface area contributed by atoms with E-state index in [-0.39, 0.29) is 30.2 Å². The van der Waals surface area contributed by atoms with E-state index in [1.165, 1.54) is 6.07 Å². The van der Waals surface area contributed by atoms with E-state index in [0.29, 0.717) is 24.0 Å². The topological polar surface area (TPSA) is 123 Å². The van der Waals surface area contributed by atoms with Crippen LogP contribution in [0.15, 0.2) is 44.4 Å². The number of alkyl halides is 6. The lowest BCUT2D eigenvalue weighted by Gasteiger charge is -2.18. The number of halogens is 6. The fourth-order valence-corrected chi connectivity index (χ4v) is 7.13. The van der Waals surface area contributed by atoms with Crippen LogP contribution in [0.5, 0.6) is 0 Å². The summed E-state index contributed by atoms with van der Waals surface area (Å²) in [6.07, 6.45) is -5.06. The minimum absolute atomic E-state index is 0.00718. The molecular weight excluding hydrogens is 752 g/mol. The van der Waals surface area contributed by atoms with E-state index in [4.69, 9.17) is 0 Å². The molecule has 0 bridgehead atoms. The van der Waals surface area contributed by atoms with Gasteiger partial charge in [0.15, 0.2) is 5.82 Å². The van der Waals surface area contributed by atoms with Gasteiger partial charge in [-0.2, -0.15) is 13.2 Å². The summed E-state index contributed by atoms with van der Waals surface area (Å²) in [6, 6.07) is 7.53. The van der Waals surface area contributed by atoms with Gasteiger partial charge in [0.05, 0.1) is 5.69 Å². The van der Waals surface area contributed by atoms with E-state index in [2.05, 4.69) is 34.0 Å². The van der Waals surface area contributed by atoms with Crippen molar-refractivity contribution in [1.29, 1.82) is 0 Å². The van der Waals surface area contributed by atoms with E-state index in [0.717, 1.165) is 4.57 Å². The van der Waals surface area contributed by atoms with Crippen LogP contribution in [0.2, 0.25) is 0 Å². The van der Waals surface area contributed by atoms with E-state index in [9.17, 15) is 27.6 Å². The van der Waals surface area contributed by atoms with Gasteiger partial charge in [-0.05, 0) is 19.3 Å². The first-order valence-electron chi connectivity index (χ1n) is 11.5. The zero-order chi connectivity index (χ0) is 28.4. The van der Waals surface area contributed by atoms with Crippen molar-refractivity contribution in [3.05, 3.63) is 68.4 Å². The summed E-state index contributed by atoms with van der Waals surface area (Å²) >= 11 is -2.01. The van der Waals surface area contributed by atoms with Gasteiger partial charge in [-0.1, -0.05) is 79.9 Å². The first-order valence-corrected chi connectivity index (χ1v) is 16.7. The standard InChI is InChI=1S/C24H23F4I2N5O4/c1-29-24(28,30-2)15-7-5-14(6-8-15)16-12-19(37)35(17(31-16)4-3-9-23(25,26)27)13-18(36)33-22(10-11-22)20-32-21(38)39-34-20/h5-8,12H,1-4,9-11,13H2,(H,33,36)(H,32,34,38). The van der Waals surface area contributed by atoms with Crippen LogP contribution in [0.4, 0.5) is 17.6 Å². The number of nitrogens with one attached hydrogen (secondary N) is 2. The highest BCUT2D eigenvalue weighted by Crippen LogP contribution is 2.47. The lowest BCUT2D eigenvalue weighted by molar-refractivity contribution is -0.135. The summed E-state index contributed by atoms with van der Waals surface area (Å²) < 4.78 is 65.0. The van der Waals surface area contributed by atoms with Gasteiger partial charge < -0.3 is 5.32 Å². The zero-order valence-electron chi connectivity index (χ0n) is 20.3. The summed E-state index contributed by atoms with van der Waals surface area (Å²) in [4.78, 5) is 44.1. The Labute approximate surface area is 238 Å². The Kier molecular flexibility index (Phi) is 8.67. The van der Waals surface area contributed by atoms with E-state index in [1.54, 1.807) is 24.3 Å². The number of hydrogen-bond donors (Lipinski definition) is 2. The highest BCUT2D eigenvalue weighted by molar-refractivity contribution is 14.2. The SMILES string of the molecule is C=IC(F)(I=C)c1ccc(-c2cc(=O)n(CC(=O)NC3(c4noc(=O)[nH]4)CC3)c(CCCC(F)(F)F)n2)cc1. The highest BCUT2D eigenvalue weighted by atomic mass is 127. The number of carbonyl (C=O) groups is 1. The molecule has 1 saturated carbocycles. The Balaban J connectivity index is 1.62. The number of amides is 1. The van der Waals surface area contributed by atoms with Crippen LogP contribution in [0.25, 0.3) is 11.3 Å². The van der Waals surface area contributed by atoms with Gasteiger partial charge >= 0.3 is 11.9 Å². The summed E-state index contributed by atoms with van der Waals surface area (Å²) in [6.45, 7) is -0.499. The molecule has 0 atom stereocenters. The van der Waals surface area contributed by atoms with Crippen molar-refractivity contribution in [2.45, 2.75) is 52.0 Å². The Bertz CT molecular complexity index is 1500. The van der Waals surface area contributed by atoms with Gasteiger partial charge in [0.1, 0.15) is 17.9 Å². The number of aryl methyl sites for hydroxylation is 1. The van der Waals surface area contributed by atoms with Gasteiger partial charge in [-0.25, -0.2) is 14.2 Å². The molecule has 4 rings (SSSR count). The second kappa shape index (κ2) is 11.5. The molecule has 0 spiro atoms. The number of H-pyrrole nitrogens is 1. The number of aromatic nitrogens is 4. The fraction of sp³-hybridized carbons (Fsp3) is 0.375. The number of carbonyl (C=O) groups excluding carboxylic acids is 1. The van der Waals surface area contributed by atoms with Crippen LogP contribution in [0, 0.1) is 0 Å². The number of nitrogens with zero attached hydrogens (tertiary/aromatic N) is 3. The molecule has 0 saturated heterocycles. The van der Waals surface area contributed by atoms with Crippen molar-refractivity contribution in [3.63, 3.8) is 0 Å². The second-order valence-electron chi connectivity index (χ2n) is 8.87. The predicted octanol–water partition coefficient (Wildman–Crippen LogP) is 4.16.